The van der Waals surface area contributed by atoms with Crippen LogP contribution in [0, 0.1) is 0 Å². The standard InChI is InChI=1S/C18H26N2O5/c1-23-18-5-4-14(24-11-17(21)22)9-16(18)20(7-6-18)10-13-8-15(25-19-13)12-2-3-12/h8,12,14,16H,2-7,9-11H2,1H3,(H,21,22)/t14-,16-,18+/m0/s1. The largest absolute Gasteiger partial charge is 0.480 e. The van der Waals surface area contributed by atoms with Crippen LogP contribution >= 0.6 is 0 Å². The van der Waals surface area contributed by atoms with E-state index < -0.39 is 5.97 Å². The Morgan fingerprint density at radius 3 is 3.00 bits per heavy atom. The zero-order chi connectivity index (χ0) is 17.4. The fourth-order valence-corrected chi connectivity index (χ4v) is 4.46. The van der Waals surface area contributed by atoms with Gasteiger partial charge in [-0.1, -0.05) is 5.16 Å². The molecule has 1 aromatic rings. The molecule has 7 nitrogen and oxygen atoms in total. The van der Waals surface area contributed by atoms with Gasteiger partial charge in [-0.2, -0.15) is 0 Å². The molecule has 0 bridgehead atoms. The summed E-state index contributed by atoms with van der Waals surface area (Å²) in [6.45, 7) is 1.47. The first-order chi connectivity index (χ1) is 12.1. The minimum atomic E-state index is -0.915. The van der Waals surface area contributed by atoms with Crippen LogP contribution in [0.4, 0.5) is 0 Å². The Labute approximate surface area is 147 Å². The van der Waals surface area contributed by atoms with Crippen molar-refractivity contribution in [1.82, 2.24) is 10.1 Å². The Kier molecular flexibility index (Phi) is 4.56. The third-order valence-electron chi connectivity index (χ3n) is 6.02. The number of hydrogen-bond acceptors (Lipinski definition) is 6. The predicted octanol–water partition coefficient (Wildman–Crippen LogP) is 2.17. The molecule has 1 saturated heterocycles. The van der Waals surface area contributed by atoms with E-state index >= 15 is 0 Å². The highest BCUT2D eigenvalue weighted by molar-refractivity contribution is 5.68. The Bertz CT molecular complexity index is 629. The third kappa shape index (κ3) is 3.45. The van der Waals surface area contributed by atoms with Gasteiger partial charge in [0, 0.05) is 38.2 Å². The lowest BCUT2D eigenvalue weighted by Crippen LogP contribution is -2.51. The molecule has 3 fully saturated rings. The van der Waals surface area contributed by atoms with Crippen molar-refractivity contribution in [3.05, 3.63) is 17.5 Å². The minimum Gasteiger partial charge on any atom is -0.480 e. The van der Waals surface area contributed by atoms with E-state index in [1.165, 1.54) is 12.8 Å². The summed E-state index contributed by atoms with van der Waals surface area (Å²) in [5.74, 6) is 0.668. The van der Waals surface area contributed by atoms with E-state index in [0.29, 0.717) is 5.92 Å². The van der Waals surface area contributed by atoms with Gasteiger partial charge in [-0.3, -0.25) is 4.90 Å². The van der Waals surface area contributed by atoms with Gasteiger partial charge in [-0.05, 0) is 38.5 Å². The van der Waals surface area contributed by atoms with Crippen molar-refractivity contribution in [2.24, 2.45) is 0 Å². The van der Waals surface area contributed by atoms with Gasteiger partial charge in [0.05, 0.1) is 17.4 Å². The minimum absolute atomic E-state index is 0.0238. The number of aliphatic carboxylic acids is 1. The molecule has 1 N–H and O–H groups in total. The molecule has 2 aliphatic carbocycles. The predicted molar refractivity (Wildman–Crippen MR) is 88.3 cm³/mol. The molecule has 7 heteroatoms. The van der Waals surface area contributed by atoms with Crippen LogP contribution in [0.5, 0.6) is 0 Å². The van der Waals surface area contributed by atoms with Gasteiger partial charge in [-0.25, -0.2) is 4.79 Å². The molecule has 1 aliphatic heterocycles. The molecule has 4 rings (SSSR count). The number of aromatic nitrogens is 1. The van der Waals surface area contributed by atoms with E-state index in [4.69, 9.17) is 19.1 Å². The lowest BCUT2D eigenvalue weighted by Gasteiger charge is -2.43. The summed E-state index contributed by atoms with van der Waals surface area (Å²) >= 11 is 0. The zero-order valence-corrected chi connectivity index (χ0v) is 14.6. The Hall–Kier alpha value is -1.44. The van der Waals surface area contributed by atoms with Crippen molar-refractivity contribution < 1.29 is 23.9 Å². The molecule has 0 spiro atoms. The van der Waals surface area contributed by atoms with E-state index in [9.17, 15) is 4.79 Å². The molecule has 3 aliphatic rings. The molecular weight excluding hydrogens is 324 g/mol. The fourth-order valence-electron chi connectivity index (χ4n) is 4.46. The third-order valence-corrected chi connectivity index (χ3v) is 6.02. The van der Waals surface area contributed by atoms with Crippen molar-refractivity contribution in [2.45, 2.75) is 68.7 Å². The van der Waals surface area contributed by atoms with E-state index in [0.717, 1.165) is 50.2 Å². The van der Waals surface area contributed by atoms with Gasteiger partial charge in [0.2, 0.25) is 0 Å². The van der Waals surface area contributed by atoms with E-state index in [1.54, 1.807) is 7.11 Å². The number of likely N-dealkylation sites (tertiary alicyclic amines) is 1. The highest BCUT2D eigenvalue weighted by Gasteiger charge is 2.51. The molecule has 2 saturated carbocycles. The maximum atomic E-state index is 10.8. The summed E-state index contributed by atoms with van der Waals surface area (Å²) in [5, 5.41) is 13.1. The lowest BCUT2D eigenvalue weighted by molar-refractivity contribution is -0.148. The summed E-state index contributed by atoms with van der Waals surface area (Å²) in [6, 6.07) is 2.32. The van der Waals surface area contributed by atoms with Crippen LogP contribution in [0.25, 0.3) is 0 Å². The highest BCUT2D eigenvalue weighted by Crippen LogP contribution is 2.44. The lowest BCUT2D eigenvalue weighted by atomic mass is 9.79. The Balaban J connectivity index is 1.43. The van der Waals surface area contributed by atoms with Crippen molar-refractivity contribution >= 4 is 5.97 Å². The summed E-state index contributed by atoms with van der Waals surface area (Å²) in [7, 11) is 1.79. The number of methoxy groups -OCH3 is 1. The summed E-state index contributed by atoms with van der Waals surface area (Å²) in [5.41, 5.74) is 0.828. The molecule has 2 heterocycles. The molecule has 0 aromatic carbocycles. The fraction of sp³-hybridized carbons (Fsp3) is 0.778. The first-order valence-corrected chi connectivity index (χ1v) is 9.18. The highest BCUT2D eigenvalue weighted by atomic mass is 16.5. The van der Waals surface area contributed by atoms with Gasteiger partial charge >= 0.3 is 5.97 Å². The first kappa shape index (κ1) is 17.0. The monoisotopic (exact) mass is 350 g/mol. The van der Waals surface area contributed by atoms with Crippen molar-refractivity contribution in [3.8, 4) is 0 Å². The van der Waals surface area contributed by atoms with Crippen molar-refractivity contribution in [2.75, 3.05) is 20.3 Å². The Morgan fingerprint density at radius 2 is 2.28 bits per heavy atom. The molecule has 0 radical (unpaired) electrons. The zero-order valence-electron chi connectivity index (χ0n) is 14.6. The molecule has 138 valence electrons. The summed E-state index contributed by atoms with van der Waals surface area (Å²) in [4.78, 5) is 13.2. The van der Waals surface area contributed by atoms with Gasteiger partial charge < -0.3 is 19.1 Å². The average molecular weight is 350 g/mol. The van der Waals surface area contributed by atoms with Crippen LogP contribution in [-0.4, -0.2) is 59.1 Å². The van der Waals surface area contributed by atoms with Crippen LogP contribution in [0.15, 0.2) is 10.6 Å². The van der Waals surface area contributed by atoms with Crippen LogP contribution in [0.1, 0.15) is 55.9 Å². The van der Waals surface area contributed by atoms with Crippen LogP contribution in [-0.2, 0) is 20.8 Å². The SMILES string of the molecule is CO[C@@]12CC[C@H](OCC(=O)O)C[C@@H]1N(Cc1cc(C3CC3)on1)CC2. The van der Waals surface area contributed by atoms with Gasteiger partial charge in [0.1, 0.15) is 12.4 Å². The van der Waals surface area contributed by atoms with Crippen LogP contribution in [0.2, 0.25) is 0 Å². The molecular formula is C18H26N2O5. The summed E-state index contributed by atoms with van der Waals surface area (Å²) in [6.07, 6.45) is 5.93. The number of hydrogen-bond donors (Lipinski definition) is 1. The first-order valence-electron chi connectivity index (χ1n) is 9.18. The van der Waals surface area contributed by atoms with Gasteiger partial charge in [-0.15, -0.1) is 0 Å². The number of carboxylic acid groups (broad SMARTS) is 1. The molecule has 0 amide bonds. The molecule has 1 aromatic heterocycles. The van der Waals surface area contributed by atoms with Gasteiger partial charge in [0.15, 0.2) is 0 Å². The smallest absolute Gasteiger partial charge is 0.329 e. The van der Waals surface area contributed by atoms with Crippen molar-refractivity contribution in [1.29, 1.82) is 0 Å². The number of ether oxygens (including phenoxy) is 2. The number of carboxylic acids is 1. The molecule has 0 unspecified atom stereocenters. The second kappa shape index (κ2) is 6.70. The second-order valence-electron chi connectivity index (χ2n) is 7.60. The van der Waals surface area contributed by atoms with Crippen LogP contribution < -0.4 is 0 Å². The second-order valence-corrected chi connectivity index (χ2v) is 7.60. The van der Waals surface area contributed by atoms with Crippen LogP contribution in [0.3, 0.4) is 0 Å². The quantitative estimate of drug-likeness (QED) is 0.806. The number of fused-ring (bicyclic) bond motifs is 1. The number of rotatable bonds is 7. The normalized spacial score (nSPS) is 32.7. The topological polar surface area (TPSA) is 85.0 Å². The maximum absolute atomic E-state index is 10.8. The van der Waals surface area contributed by atoms with Crippen molar-refractivity contribution in [3.63, 3.8) is 0 Å². The number of nitrogens with zero attached hydrogens (tertiary/aromatic N) is 2. The maximum Gasteiger partial charge on any atom is 0.329 e. The average Bonchev–Trinajstić information content (AvgIpc) is 3.26. The molecule has 3 atom stereocenters. The number of carbonyl (C=O) groups is 1. The van der Waals surface area contributed by atoms with E-state index in [-0.39, 0.29) is 24.4 Å². The van der Waals surface area contributed by atoms with Gasteiger partial charge in [0.25, 0.3) is 0 Å². The Morgan fingerprint density at radius 1 is 1.44 bits per heavy atom. The molecule has 25 heavy (non-hydrogen) atoms. The van der Waals surface area contributed by atoms with E-state index in [1.807, 2.05) is 0 Å². The van der Waals surface area contributed by atoms with E-state index in [2.05, 4.69) is 16.1 Å². The summed E-state index contributed by atoms with van der Waals surface area (Å²) < 4.78 is 17.0.